The predicted octanol–water partition coefficient (Wildman–Crippen LogP) is 3.36. The molecule has 0 amide bonds. The summed E-state index contributed by atoms with van der Waals surface area (Å²) in [5, 5.41) is 14.9. The molecule has 0 spiro atoms. The van der Waals surface area contributed by atoms with Gasteiger partial charge in [-0.25, -0.2) is 0 Å². The zero-order valence-electron chi connectivity index (χ0n) is 11.0. The molecule has 2 N–H and O–H groups in total. The van der Waals surface area contributed by atoms with Crippen LogP contribution in [0.2, 0.25) is 0 Å². The normalized spacial score (nSPS) is 22.2. The molecular formula is C14H21NO2S. The lowest BCUT2D eigenvalue weighted by Gasteiger charge is -2.33. The highest BCUT2D eigenvalue weighted by Crippen LogP contribution is 2.35. The molecule has 0 bridgehead atoms. The fourth-order valence-corrected chi connectivity index (χ4v) is 3.75. The average molecular weight is 267 g/mol. The van der Waals surface area contributed by atoms with Gasteiger partial charge in [-0.3, -0.25) is 10.1 Å². The SMILES string of the molecule is CCCC(C)(NC1CCCc2sccc21)C(=O)O. The molecule has 0 saturated carbocycles. The van der Waals surface area contributed by atoms with Crippen LogP contribution in [0.5, 0.6) is 0 Å². The third kappa shape index (κ3) is 2.59. The summed E-state index contributed by atoms with van der Waals surface area (Å²) < 4.78 is 0. The van der Waals surface area contributed by atoms with E-state index in [1.165, 1.54) is 10.4 Å². The van der Waals surface area contributed by atoms with Gasteiger partial charge in [0.2, 0.25) is 0 Å². The monoisotopic (exact) mass is 267 g/mol. The highest BCUT2D eigenvalue weighted by Gasteiger charge is 2.35. The molecule has 3 nitrogen and oxygen atoms in total. The van der Waals surface area contributed by atoms with Gasteiger partial charge in [-0.15, -0.1) is 11.3 Å². The highest BCUT2D eigenvalue weighted by molar-refractivity contribution is 7.10. The van der Waals surface area contributed by atoms with E-state index in [2.05, 4.69) is 16.8 Å². The minimum Gasteiger partial charge on any atom is -0.480 e. The van der Waals surface area contributed by atoms with Gasteiger partial charge in [-0.2, -0.15) is 0 Å². The smallest absolute Gasteiger partial charge is 0.323 e. The van der Waals surface area contributed by atoms with Gasteiger partial charge in [-0.1, -0.05) is 13.3 Å². The molecule has 0 radical (unpaired) electrons. The van der Waals surface area contributed by atoms with E-state index in [0.29, 0.717) is 6.42 Å². The lowest BCUT2D eigenvalue weighted by Crippen LogP contribution is -2.51. The third-order valence-electron chi connectivity index (χ3n) is 3.77. The predicted molar refractivity (Wildman–Crippen MR) is 74.1 cm³/mol. The van der Waals surface area contributed by atoms with Crippen molar-refractivity contribution < 1.29 is 9.90 Å². The molecular weight excluding hydrogens is 246 g/mol. The van der Waals surface area contributed by atoms with E-state index in [1.54, 1.807) is 18.3 Å². The summed E-state index contributed by atoms with van der Waals surface area (Å²) in [6.45, 7) is 3.83. The largest absolute Gasteiger partial charge is 0.480 e. The molecule has 0 aliphatic heterocycles. The van der Waals surface area contributed by atoms with Gasteiger partial charge in [0.05, 0.1) is 0 Å². The number of fused-ring (bicyclic) bond motifs is 1. The van der Waals surface area contributed by atoms with E-state index in [-0.39, 0.29) is 6.04 Å². The Morgan fingerprint density at radius 1 is 1.67 bits per heavy atom. The number of carboxylic acids is 1. The summed E-state index contributed by atoms with van der Waals surface area (Å²) in [4.78, 5) is 12.9. The second-order valence-corrected chi connectivity index (χ2v) is 6.28. The van der Waals surface area contributed by atoms with Gasteiger partial charge in [0.25, 0.3) is 0 Å². The maximum Gasteiger partial charge on any atom is 0.323 e. The molecule has 2 rings (SSSR count). The summed E-state index contributed by atoms with van der Waals surface area (Å²) in [7, 11) is 0. The summed E-state index contributed by atoms with van der Waals surface area (Å²) >= 11 is 1.79. The Labute approximate surface area is 112 Å². The highest BCUT2D eigenvalue weighted by atomic mass is 32.1. The summed E-state index contributed by atoms with van der Waals surface area (Å²) in [6, 6.07) is 2.35. The lowest BCUT2D eigenvalue weighted by atomic mass is 9.89. The Morgan fingerprint density at radius 2 is 2.44 bits per heavy atom. The zero-order chi connectivity index (χ0) is 13.2. The van der Waals surface area contributed by atoms with Gasteiger partial charge in [0.1, 0.15) is 5.54 Å². The van der Waals surface area contributed by atoms with E-state index in [4.69, 9.17) is 0 Å². The Morgan fingerprint density at radius 3 is 3.11 bits per heavy atom. The first-order chi connectivity index (χ1) is 8.57. The number of nitrogens with one attached hydrogen (secondary N) is 1. The second kappa shape index (κ2) is 5.41. The number of aryl methyl sites for hydroxylation is 1. The van der Waals surface area contributed by atoms with Crippen LogP contribution < -0.4 is 5.32 Å². The van der Waals surface area contributed by atoms with Crippen LogP contribution in [0.25, 0.3) is 0 Å². The molecule has 1 heterocycles. The fourth-order valence-electron chi connectivity index (χ4n) is 2.76. The maximum atomic E-state index is 11.5. The molecule has 1 aromatic heterocycles. The van der Waals surface area contributed by atoms with Crippen molar-refractivity contribution in [3.63, 3.8) is 0 Å². The Hall–Kier alpha value is -0.870. The summed E-state index contributed by atoms with van der Waals surface area (Å²) in [5.74, 6) is -0.744. The Balaban J connectivity index is 2.17. The van der Waals surface area contributed by atoms with E-state index in [0.717, 1.165) is 25.7 Å². The minimum absolute atomic E-state index is 0.202. The van der Waals surface area contributed by atoms with Crippen LogP contribution in [0.3, 0.4) is 0 Å². The van der Waals surface area contributed by atoms with Crippen LogP contribution in [0.15, 0.2) is 11.4 Å². The first-order valence-corrected chi connectivity index (χ1v) is 7.52. The number of aliphatic carboxylic acids is 1. The van der Waals surface area contributed by atoms with Crippen molar-refractivity contribution in [1.82, 2.24) is 5.32 Å². The standard InChI is InChI=1S/C14H21NO2S/c1-3-8-14(2,13(16)17)15-11-5-4-6-12-10(11)7-9-18-12/h7,9,11,15H,3-6,8H2,1-2H3,(H,16,17). The van der Waals surface area contributed by atoms with Gasteiger partial charge >= 0.3 is 5.97 Å². The van der Waals surface area contributed by atoms with Crippen LogP contribution in [-0.2, 0) is 11.2 Å². The molecule has 1 aliphatic rings. The minimum atomic E-state index is -0.810. The third-order valence-corrected chi connectivity index (χ3v) is 4.76. The van der Waals surface area contributed by atoms with Crippen molar-refractivity contribution in [2.24, 2.45) is 0 Å². The first-order valence-electron chi connectivity index (χ1n) is 6.64. The van der Waals surface area contributed by atoms with Crippen molar-refractivity contribution in [2.75, 3.05) is 0 Å². The molecule has 0 fully saturated rings. The van der Waals surface area contributed by atoms with Crippen LogP contribution in [-0.4, -0.2) is 16.6 Å². The second-order valence-electron chi connectivity index (χ2n) is 5.28. The quantitative estimate of drug-likeness (QED) is 0.860. The average Bonchev–Trinajstić information content (AvgIpc) is 2.78. The number of hydrogen-bond acceptors (Lipinski definition) is 3. The Bertz CT molecular complexity index is 429. The fraction of sp³-hybridized carbons (Fsp3) is 0.643. The van der Waals surface area contributed by atoms with Crippen molar-refractivity contribution in [2.45, 2.75) is 57.5 Å². The molecule has 0 aromatic carbocycles. The Kier molecular flexibility index (Phi) is 4.07. The van der Waals surface area contributed by atoms with Gasteiger partial charge in [0, 0.05) is 10.9 Å². The number of carboxylic acid groups (broad SMARTS) is 1. The number of hydrogen-bond donors (Lipinski definition) is 2. The topological polar surface area (TPSA) is 49.3 Å². The van der Waals surface area contributed by atoms with Crippen LogP contribution in [0, 0.1) is 0 Å². The molecule has 2 unspecified atom stereocenters. The van der Waals surface area contributed by atoms with Crippen molar-refractivity contribution in [3.05, 3.63) is 21.9 Å². The van der Waals surface area contributed by atoms with Crippen LogP contribution >= 0.6 is 11.3 Å². The van der Waals surface area contributed by atoms with Gasteiger partial charge in [-0.05, 0) is 49.6 Å². The molecule has 1 aliphatic carbocycles. The molecule has 4 heteroatoms. The summed E-state index contributed by atoms with van der Waals surface area (Å²) in [6.07, 6.45) is 4.86. The summed E-state index contributed by atoms with van der Waals surface area (Å²) in [5.41, 5.74) is 0.505. The molecule has 18 heavy (non-hydrogen) atoms. The van der Waals surface area contributed by atoms with Gasteiger partial charge in [0.15, 0.2) is 0 Å². The zero-order valence-corrected chi connectivity index (χ0v) is 11.8. The maximum absolute atomic E-state index is 11.5. The molecule has 1 aromatic rings. The van der Waals surface area contributed by atoms with Gasteiger partial charge < -0.3 is 5.11 Å². The number of thiophene rings is 1. The van der Waals surface area contributed by atoms with Crippen molar-refractivity contribution >= 4 is 17.3 Å². The number of rotatable bonds is 5. The van der Waals surface area contributed by atoms with E-state index in [1.807, 2.05) is 6.92 Å². The first kappa shape index (κ1) is 13.6. The van der Waals surface area contributed by atoms with E-state index >= 15 is 0 Å². The van der Waals surface area contributed by atoms with E-state index in [9.17, 15) is 9.90 Å². The number of carbonyl (C=O) groups is 1. The van der Waals surface area contributed by atoms with Crippen LogP contribution in [0.1, 0.15) is 56.0 Å². The van der Waals surface area contributed by atoms with Crippen molar-refractivity contribution in [3.8, 4) is 0 Å². The lowest BCUT2D eigenvalue weighted by molar-refractivity contribution is -0.145. The van der Waals surface area contributed by atoms with E-state index < -0.39 is 11.5 Å². The van der Waals surface area contributed by atoms with Crippen molar-refractivity contribution in [1.29, 1.82) is 0 Å². The molecule has 2 atom stereocenters. The molecule has 0 saturated heterocycles. The van der Waals surface area contributed by atoms with Crippen LogP contribution in [0.4, 0.5) is 0 Å². The molecule has 100 valence electrons.